The fourth-order valence-electron chi connectivity index (χ4n) is 7.58. The molecule has 0 radical (unpaired) electrons. The zero-order chi connectivity index (χ0) is 38.3. The minimum atomic E-state index is 0.562. The lowest BCUT2D eigenvalue weighted by molar-refractivity contribution is 1.07. The van der Waals surface area contributed by atoms with Gasteiger partial charge in [-0.1, -0.05) is 145 Å². The van der Waals surface area contributed by atoms with E-state index in [2.05, 4.69) is 103 Å². The Labute approximate surface area is 330 Å². The van der Waals surface area contributed by atoms with Crippen molar-refractivity contribution in [2.24, 2.45) is 0 Å². The van der Waals surface area contributed by atoms with Crippen LogP contribution in [0.25, 0.3) is 95.6 Å². The minimum Gasteiger partial charge on any atom is -0.309 e. The topological polar surface area (TPSA) is 69.4 Å². The van der Waals surface area contributed by atoms with Crippen LogP contribution in [-0.2, 0) is 0 Å². The first-order chi connectivity index (χ1) is 28.1. The fourth-order valence-corrected chi connectivity index (χ4v) is 7.58. The molecule has 10 rings (SSSR count). The van der Waals surface area contributed by atoms with Gasteiger partial charge in [0.2, 0.25) is 0 Å². The summed E-state index contributed by atoms with van der Waals surface area (Å²) in [6.07, 6.45) is 0. The van der Waals surface area contributed by atoms with Crippen molar-refractivity contribution in [2.45, 2.75) is 13.8 Å². The van der Waals surface area contributed by atoms with E-state index in [-0.39, 0.29) is 0 Å². The van der Waals surface area contributed by atoms with Gasteiger partial charge in [-0.2, -0.15) is 0 Å². The molecule has 0 N–H and O–H groups in total. The van der Waals surface area contributed by atoms with Gasteiger partial charge in [0, 0.05) is 44.2 Å². The van der Waals surface area contributed by atoms with Crippen molar-refractivity contribution >= 4 is 21.8 Å². The van der Waals surface area contributed by atoms with Crippen LogP contribution in [0.15, 0.2) is 182 Å². The Morgan fingerprint density at radius 2 is 0.754 bits per heavy atom. The third kappa shape index (κ3) is 6.43. The first-order valence-electron chi connectivity index (χ1n) is 19.1. The fraction of sp³-hybridized carbons (Fsp3) is 0.0392. The normalized spacial score (nSPS) is 11.3. The second-order valence-corrected chi connectivity index (χ2v) is 14.3. The second-order valence-electron chi connectivity index (χ2n) is 14.3. The molecule has 6 nitrogen and oxygen atoms in total. The Morgan fingerprint density at radius 3 is 1.21 bits per heavy atom. The van der Waals surface area contributed by atoms with Crippen LogP contribution in [0, 0.1) is 13.8 Å². The number of hydrogen-bond acceptors (Lipinski definition) is 5. The predicted molar refractivity (Wildman–Crippen MR) is 232 cm³/mol. The highest BCUT2D eigenvalue weighted by Gasteiger charge is 2.21. The molecule has 3 heterocycles. The monoisotopic (exact) mass is 732 g/mol. The summed E-state index contributed by atoms with van der Waals surface area (Å²) in [5.74, 6) is 2.37. The van der Waals surface area contributed by atoms with Gasteiger partial charge in [0.15, 0.2) is 23.3 Å². The molecular formula is C51H36N6. The van der Waals surface area contributed by atoms with Crippen molar-refractivity contribution in [3.05, 3.63) is 193 Å². The van der Waals surface area contributed by atoms with E-state index in [0.717, 1.165) is 61.5 Å². The maximum Gasteiger partial charge on any atom is 0.164 e. The first kappa shape index (κ1) is 34.0. The van der Waals surface area contributed by atoms with Gasteiger partial charge in [-0.15, -0.1) is 0 Å². The Hall–Kier alpha value is -7.57. The third-order valence-corrected chi connectivity index (χ3v) is 10.4. The van der Waals surface area contributed by atoms with Gasteiger partial charge in [0.25, 0.3) is 0 Å². The summed E-state index contributed by atoms with van der Waals surface area (Å²) in [5, 5.41) is 2.40. The van der Waals surface area contributed by atoms with E-state index in [4.69, 9.17) is 24.9 Å². The zero-order valence-electron chi connectivity index (χ0n) is 31.5. The molecule has 0 atom stereocenters. The number of hydrogen-bond donors (Lipinski definition) is 0. The van der Waals surface area contributed by atoms with E-state index in [0.29, 0.717) is 23.3 Å². The van der Waals surface area contributed by atoms with Gasteiger partial charge in [0.05, 0.1) is 28.1 Å². The number of rotatable bonds is 7. The van der Waals surface area contributed by atoms with Crippen molar-refractivity contribution in [1.82, 2.24) is 29.5 Å². The molecule has 0 fully saturated rings. The molecule has 0 bridgehead atoms. The minimum absolute atomic E-state index is 0.562. The molecule has 0 aliphatic heterocycles. The number of benzene rings is 7. The van der Waals surface area contributed by atoms with Crippen LogP contribution in [0.1, 0.15) is 11.1 Å². The number of nitrogens with zero attached hydrogens (tertiary/aromatic N) is 6. The molecule has 0 unspecified atom stereocenters. The Balaban J connectivity index is 1.28. The summed E-state index contributed by atoms with van der Waals surface area (Å²) in [4.78, 5) is 25.9. The molecule has 0 aliphatic rings. The van der Waals surface area contributed by atoms with E-state index >= 15 is 0 Å². The highest BCUT2D eigenvalue weighted by atomic mass is 15.0. The van der Waals surface area contributed by atoms with Crippen molar-refractivity contribution in [1.29, 1.82) is 0 Å². The number of aryl methyl sites for hydroxylation is 2. The summed E-state index contributed by atoms with van der Waals surface area (Å²) >= 11 is 0. The SMILES string of the molecule is Cc1ccc2c(c1)c1cc(C)ccc1n2-c1ccc(-c2nc(-c3ccccc3)nc(-c3ccccc3)n2)cc1-c1nc(-c2ccccc2)cc(-c2ccccc2)n1. The van der Waals surface area contributed by atoms with Gasteiger partial charge >= 0.3 is 0 Å². The Morgan fingerprint density at radius 1 is 0.333 bits per heavy atom. The summed E-state index contributed by atoms with van der Waals surface area (Å²) in [6, 6.07) is 62.6. The third-order valence-electron chi connectivity index (χ3n) is 10.4. The quantitative estimate of drug-likeness (QED) is 0.163. The smallest absolute Gasteiger partial charge is 0.164 e. The first-order valence-corrected chi connectivity index (χ1v) is 19.1. The zero-order valence-corrected chi connectivity index (χ0v) is 31.5. The summed E-state index contributed by atoms with van der Waals surface area (Å²) in [5.41, 5.74) is 12.8. The van der Waals surface area contributed by atoms with Crippen molar-refractivity contribution < 1.29 is 0 Å². The van der Waals surface area contributed by atoms with E-state index in [1.807, 2.05) is 97.1 Å². The molecule has 0 amide bonds. The van der Waals surface area contributed by atoms with Crippen LogP contribution in [0.4, 0.5) is 0 Å². The lowest BCUT2D eigenvalue weighted by Crippen LogP contribution is -2.04. The number of aromatic nitrogens is 6. The lowest BCUT2D eigenvalue weighted by Gasteiger charge is -2.17. The van der Waals surface area contributed by atoms with E-state index in [1.54, 1.807) is 0 Å². The molecule has 0 saturated heterocycles. The molecule has 7 aromatic carbocycles. The maximum absolute atomic E-state index is 5.35. The standard InChI is InChI=1S/C51H36N6/c1-33-23-26-45-40(29-33)41-30-34(2)24-27-46(41)57(45)47-28-25-39(50-55-48(37-19-11-5-12-20-37)54-49(56-50)38-21-13-6-14-22-38)31-42(47)51-52-43(35-15-7-3-8-16-35)32-44(53-51)36-17-9-4-10-18-36/h3-32H,1-2H3. The highest BCUT2D eigenvalue weighted by Crippen LogP contribution is 2.39. The van der Waals surface area contributed by atoms with Gasteiger partial charge in [-0.25, -0.2) is 24.9 Å². The average molecular weight is 733 g/mol. The van der Waals surface area contributed by atoms with E-state index in [9.17, 15) is 0 Å². The van der Waals surface area contributed by atoms with Crippen LogP contribution < -0.4 is 0 Å². The van der Waals surface area contributed by atoms with E-state index in [1.165, 1.54) is 21.9 Å². The summed E-state index contributed by atoms with van der Waals surface area (Å²) < 4.78 is 2.35. The average Bonchev–Trinajstić information content (AvgIpc) is 3.59. The van der Waals surface area contributed by atoms with Crippen LogP contribution in [-0.4, -0.2) is 29.5 Å². The highest BCUT2D eigenvalue weighted by molar-refractivity contribution is 6.10. The largest absolute Gasteiger partial charge is 0.309 e. The van der Waals surface area contributed by atoms with Crippen LogP contribution in [0.2, 0.25) is 0 Å². The van der Waals surface area contributed by atoms with Crippen LogP contribution in [0.5, 0.6) is 0 Å². The predicted octanol–water partition coefficient (Wildman–Crippen LogP) is 12.4. The van der Waals surface area contributed by atoms with Crippen molar-refractivity contribution in [3.63, 3.8) is 0 Å². The summed E-state index contributed by atoms with van der Waals surface area (Å²) in [6.45, 7) is 4.30. The molecule has 3 aromatic heterocycles. The number of fused-ring (bicyclic) bond motifs is 3. The van der Waals surface area contributed by atoms with Crippen molar-refractivity contribution in [2.75, 3.05) is 0 Å². The second kappa shape index (κ2) is 14.3. The van der Waals surface area contributed by atoms with Crippen LogP contribution in [0.3, 0.4) is 0 Å². The molecule has 57 heavy (non-hydrogen) atoms. The molecule has 10 aromatic rings. The molecule has 0 spiro atoms. The summed E-state index contributed by atoms with van der Waals surface area (Å²) in [7, 11) is 0. The molecule has 0 saturated carbocycles. The molecule has 6 heteroatoms. The molecule has 0 aliphatic carbocycles. The Kier molecular flexibility index (Phi) is 8.49. The van der Waals surface area contributed by atoms with Crippen LogP contribution >= 0.6 is 0 Å². The molecular weight excluding hydrogens is 697 g/mol. The van der Waals surface area contributed by atoms with E-state index < -0.39 is 0 Å². The van der Waals surface area contributed by atoms with Gasteiger partial charge in [0.1, 0.15) is 0 Å². The Bertz CT molecular complexity index is 2890. The van der Waals surface area contributed by atoms with Gasteiger partial charge < -0.3 is 4.57 Å². The van der Waals surface area contributed by atoms with Crippen molar-refractivity contribution in [3.8, 4) is 73.8 Å². The maximum atomic E-state index is 5.35. The lowest BCUT2D eigenvalue weighted by atomic mass is 10.0. The molecule has 270 valence electrons. The van der Waals surface area contributed by atoms with Gasteiger partial charge in [-0.05, 0) is 62.4 Å². The van der Waals surface area contributed by atoms with Gasteiger partial charge in [-0.3, -0.25) is 0 Å².